The zero-order valence-corrected chi connectivity index (χ0v) is 12.0. The highest BCUT2D eigenvalue weighted by Crippen LogP contribution is 2.19. The summed E-state index contributed by atoms with van der Waals surface area (Å²) in [6.45, 7) is 2.52. The van der Waals surface area contributed by atoms with E-state index in [0.717, 1.165) is 18.9 Å². The van der Waals surface area contributed by atoms with Crippen molar-refractivity contribution >= 4 is 23.3 Å². The Labute approximate surface area is 123 Å². The molecule has 2 saturated heterocycles. The second-order valence-electron chi connectivity index (χ2n) is 5.65. The molecule has 0 radical (unpaired) electrons. The van der Waals surface area contributed by atoms with E-state index in [1.165, 1.54) is 19.3 Å². The molecule has 0 spiro atoms. The summed E-state index contributed by atoms with van der Waals surface area (Å²) in [5, 5.41) is 5.49. The summed E-state index contributed by atoms with van der Waals surface area (Å²) in [7, 11) is 0. The van der Waals surface area contributed by atoms with E-state index in [0.29, 0.717) is 12.2 Å². The number of amides is 2. The Morgan fingerprint density at radius 2 is 2.10 bits per heavy atom. The molecule has 2 N–H and O–H groups in total. The van der Waals surface area contributed by atoms with Gasteiger partial charge in [0.2, 0.25) is 11.8 Å². The minimum Gasteiger partial charge on any atom is -0.357 e. The van der Waals surface area contributed by atoms with Crippen molar-refractivity contribution in [2.45, 2.75) is 25.7 Å². The number of anilines is 2. The molecule has 2 fully saturated rings. The van der Waals surface area contributed by atoms with Crippen LogP contribution in [0.25, 0.3) is 0 Å². The van der Waals surface area contributed by atoms with Gasteiger partial charge in [-0.2, -0.15) is 0 Å². The molecule has 6 heteroatoms. The average Bonchev–Trinajstić information content (AvgIpc) is 2.96. The van der Waals surface area contributed by atoms with Gasteiger partial charge in [-0.3, -0.25) is 9.59 Å². The quantitative estimate of drug-likeness (QED) is 0.875. The Morgan fingerprint density at radius 3 is 2.71 bits per heavy atom. The zero-order valence-electron chi connectivity index (χ0n) is 12.0. The first-order chi connectivity index (χ1) is 10.2. The van der Waals surface area contributed by atoms with Gasteiger partial charge in [-0.25, -0.2) is 4.98 Å². The molecule has 112 valence electrons. The van der Waals surface area contributed by atoms with Crippen LogP contribution < -0.4 is 15.5 Å². The van der Waals surface area contributed by atoms with Gasteiger partial charge in [-0.05, 0) is 31.4 Å². The molecule has 0 aromatic carbocycles. The minimum absolute atomic E-state index is 0.0614. The van der Waals surface area contributed by atoms with Crippen molar-refractivity contribution in [3.8, 4) is 0 Å². The molecule has 2 aliphatic rings. The predicted octanol–water partition coefficient (Wildman–Crippen LogP) is 1.15. The molecule has 1 atom stereocenters. The van der Waals surface area contributed by atoms with Crippen LogP contribution in [0.3, 0.4) is 0 Å². The number of aromatic nitrogens is 1. The van der Waals surface area contributed by atoms with Crippen molar-refractivity contribution in [3.63, 3.8) is 0 Å². The van der Waals surface area contributed by atoms with Gasteiger partial charge in [0.25, 0.3) is 0 Å². The molecular weight excluding hydrogens is 268 g/mol. The third kappa shape index (κ3) is 3.32. The summed E-state index contributed by atoms with van der Waals surface area (Å²) < 4.78 is 0. The normalized spacial score (nSPS) is 22.0. The maximum atomic E-state index is 12.0. The Hall–Kier alpha value is -2.11. The standard InChI is InChI=1S/C15H20N4O2/c20-14-8-11(9-17-14)15(21)18-12-4-5-13(16-10-12)19-6-2-1-3-7-19/h4-5,10-11H,1-3,6-9H2,(H,17,20)(H,18,21). The SMILES string of the molecule is O=C1CC(C(=O)Nc2ccc(N3CCCCC3)nc2)CN1. The molecule has 6 nitrogen and oxygen atoms in total. The number of carbonyl (C=O) groups is 2. The Balaban J connectivity index is 1.59. The third-order valence-corrected chi connectivity index (χ3v) is 4.04. The first-order valence-corrected chi connectivity index (χ1v) is 7.51. The van der Waals surface area contributed by atoms with Crippen LogP contribution in [0.15, 0.2) is 18.3 Å². The van der Waals surface area contributed by atoms with E-state index in [-0.39, 0.29) is 24.2 Å². The molecule has 1 aromatic rings. The summed E-state index contributed by atoms with van der Waals surface area (Å²) in [4.78, 5) is 29.8. The molecule has 21 heavy (non-hydrogen) atoms. The van der Waals surface area contributed by atoms with Crippen molar-refractivity contribution in [3.05, 3.63) is 18.3 Å². The van der Waals surface area contributed by atoms with Gasteiger partial charge < -0.3 is 15.5 Å². The van der Waals surface area contributed by atoms with E-state index in [1.54, 1.807) is 6.20 Å². The van der Waals surface area contributed by atoms with Crippen LogP contribution in [0.2, 0.25) is 0 Å². The van der Waals surface area contributed by atoms with Gasteiger partial charge in [0.15, 0.2) is 0 Å². The second-order valence-corrected chi connectivity index (χ2v) is 5.65. The number of hydrogen-bond acceptors (Lipinski definition) is 4. The Kier molecular flexibility index (Phi) is 4.03. The summed E-state index contributed by atoms with van der Waals surface area (Å²) in [5.74, 6) is 0.499. The molecule has 3 heterocycles. The van der Waals surface area contributed by atoms with Crippen LogP contribution in [0.1, 0.15) is 25.7 Å². The van der Waals surface area contributed by atoms with E-state index in [9.17, 15) is 9.59 Å². The Bertz CT molecular complexity index is 523. The lowest BCUT2D eigenvalue weighted by atomic mass is 10.1. The highest BCUT2D eigenvalue weighted by molar-refractivity contribution is 5.97. The first-order valence-electron chi connectivity index (χ1n) is 7.51. The molecule has 3 rings (SSSR count). The fraction of sp³-hybridized carbons (Fsp3) is 0.533. The predicted molar refractivity (Wildman–Crippen MR) is 80.0 cm³/mol. The summed E-state index contributed by atoms with van der Waals surface area (Å²) in [5.41, 5.74) is 0.681. The molecule has 0 bridgehead atoms. The lowest BCUT2D eigenvalue weighted by Crippen LogP contribution is -2.30. The van der Waals surface area contributed by atoms with Gasteiger partial charge in [0.05, 0.1) is 17.8 Å². The van der Waals surface area contributed by atoms with E-state index >= 15 is 0 Å². The molecular formula is C15H20N4O2. The summed E-state index contributed by atoms with van der Waals surface area (Å²) >= 11 is 0. The number of nitrogens with zero attached hydrogens (tertiary/aromatic N) is 2. The van der Waals surface area contributed by atoms with Crippen molar-refractivity contribution in [1.29, 1.82) is 0 Å². The molecule has 0 saturated carbocycles. The van der Waals surface area contributed by atoms with Crippen LogP contribution in [0, 0.1) is 5.92 Å². The highest BCUT2D eigenvalue weighted by Gasteiger charge is 2.27. The van der Waals surface area contributed by atoms with E-state index in [1.807, 2.05) is 12.1 Å². The fourth-order valence-corrected chi connectivity index (χ4v) is 2.80. The van der Waals surface area contributed by atoms with Gasteiger partial charge in [0.1, 0.15) is 5.82 Å². The fourth-order valence-electron chi connectivity index (χ4n) is 2.80. The van der Waals surface area contributed by atoms with Crippen molar-refractivity contribution in [2.24, 2.45) is 5.92 Å². The molecule has 2 amide bonds. The number of pyridine rings is 1. The summed E-state index contributed by atoms with van der Waals surface area (Å²) in [6.07, 6.45) is 5.67. The van der Waals surface area contributed by atoms with Crippen LogP contribution in [-0.4, -0.2) is 36.4 Å². The van der Waals surface area contributed by atoms with Crippen LogP contribution >= 0.6 is 0 Å². The van der Waals surface area contributed by atoms with Crippen molar-refractivity contribution in [1.82, 2.24) is 10.3 Å². The second kappa shape index (κ2) is 6.11. The summed E-state index contributed by atoms with van der Waals surface area (Å²) in [6, 6.07) is 3.82. The van der Waals surface area contributed by atoms with Crippen LogP contribution in [-0.2, 0) is 9.59 Å². The number of hydrogen-bond donors (Lipinski definition) is 2. The molecule has 1 aromatic heterocycles. The maximum Gasteiger partial charge on any atom is 0.229 e. The molecule has 1 unspecified atom stereocenters. The minimum atomic E-state index is -0.278. The van der Waals surface area contributed by atoms with Gasteiger partial charge in [-0.1, -0.05) is 0 Å². The number of nitrogens with one attached hydrogen (secondary N) is 2. The number of carbonyl (C=O) groups excluding carboxylic acids is 2. The smallest absolute Gasteiger partial charge is 0.229 e. The highest BCUT2D eigenvalue weighted by atomic mass is 16.2. The number of rotatable bonds is 3. The molecule has 0 aliphatic carbocycles. The first kappa shape index (κ1) is 13.9. The van der Waals surface area contributed by atoms with Crippen LogP contribution in [0.5, 0.6) is 0 Å². The topological polar surface area (TPSA) is 74.3 Å². The van der Waals surface area contributed by atoms with Gasteiger partial charge in [-0.15, -0.1) is 0 Å². The Morgan fingerprint density at radius 1 is 1.29 bits per heavy atom. The van der Waals surface area contributed by atoms with Gasteiger partial charge in [0, 0.05) is 26.1 Å². The third-order valence-electron chi connectivity index (χ3n) is 4.04. The zero-order chi connectivity index (χ0) is 14.7. The van der Waals surface area contributed by atoms with Crippen molar-refractivity contribution in [2.75, 3.05) is 29.9 Å². The monoisotopic (exact) mass is 288 g/mol. The lowest BCUT2D eigenvalue weighted by molar-refractivity contribution is -0.123. The average molecular weight is 288 g/mol. The lowest BCUT2D eigenvalue weighted by Gasteiger charge is -2.27. The van der Waals surface area contributed by atoms with E-state index in [2.05, 4.69) is 20.5 Å². The largest absolute Gasteiger partial charge is 0.357 e. The molecule has 2 aliphatic heterocycles. The van der Waals surface area contributed by atoms with E-state index in [4.69, 9.17) is 0 Å². The van der Waals surface area contributed by atoms with Crippen molar-refractivity contribution < 1.29 is 9.59 Å². The van der Waals surface area contributed by atoms with Crippen LogP contribution in [0.4, 0.5) is 11.5 Å². The maximum absolute atomic E-state index is 12.0. The van der Waals surface area contributed by atoms with Gasteiger partial charge >= 0.3 is 0 Å². The van der Waals surface area contributed by atoms with E-state index < -0.39 is 0 Å². The number of piperidine rings is 1.